The SMILES string of the molecule is COc1cc([C@H]2CCOC(C)(C)C2)cc2cc(C(=O)O)n([C@@]3(C4=NC(=C=O)ON4)C[C@@H]3C)c12. The summed E-state index contributed by atoms with van der Waals surface area (Å²) in [6.07, 6.45) is 2.40. The first-order valence-corrected chi connectivity index (χ1v) is 11.1. The molecule has 0 amide bonds. The van der Waals surface area contributed by atoms with Crippen molar-refractivity contribution in [2.75, 3.05) is 13.7 Å². The molecule has 2 fully saturated rings. The van der Waals surface area contributed by atoms with Crippen LogP contribution in [-0.4, -0.2) is 46.7 Å². The zero-order valence-corrected chi connectivity index (χ0v) is 19.1. The van der Waals surface area contributed by atoms with Crippen molar-refractivity contribution >= 4 is 28.6 Å². The van der Waals surface area contributed by atoms with E-state index in [0.29, 0.717) is 30.1 Å². The molecule has 0 bridgehead atoms. The first-order valence-electron chi connectivity index (χ1n) is 11.1. The van der Waals surface area contributed by atoms with Crippen molar-refractivity contribution in [1.29, 1.82) is 0 Å². The number of nitrogens with one attached hydrogen (secondary N) is 1. The molecule has 3 heterocycles. The summed E-state index contributed by atoms with van der Waals surface area (Å²) in [6.45, 7) is 6.87. The van der Waals surface area contributed by atoms with Crippen LogP contribution in [0.15, 0.2) is 29.1 Å². The van der Waals surface area contributed by atoms with Crippen LogP contribution in [0.25, 0.3) is 10.9 Å². The lowest BCUT2D eigenvalue weighted by Gasteiger charge is -2.36. The van der Waals surface area contributed by atoms with E-state index in [1.54, 1.807) is 23.7 Å². The molecule has 1 aromatic carbocycles. The summed E-state index contributed by atoms with van der Waals surface area (Å²) < 4.78 is 13.5. The first-order chi connectivity index (χ1) is 15.7. The molecule has 0 unspecified atom stereocenters. The van der Waals surface area contributed by atoms with Gasteiger partial charge in [0.15, 0.2) is 11.8 Å². The molecule has 1 saturated carbocycles. The Morgan fingerprint density at radius 2 is 2.09 bits per heavy atom. The van der Waals surface area contributed by atoms with Crippen LogP contribution in [0.1, 0.15) is 62.0 Å². The van der Waals surface area contributed by atoms with Gasteiger partial charge in [0.25, 0.3) is 0 Å². The number of aliphatic imine (C=N–C) groups is 1. The highest BCUT2D eigenvalue weighted by Crippen LogP contribution is 2.55. The lowest BCUT2D eigenvalue weighted by molar-refractivity contribution is -0.0593. The third-order valence-electron chi connectivity index (χ3n) is 7.12. The Balaban J connectivity index is 1.71. The number of carboxylic acids is 1. The minimum atomic E-state index is -1.05. The second-order valence-corrected chi connectivity index (χ2v) is 9.73. The molecule has 2 aliphatic heterocycles. The average molecular weight is 453 g/mol. The molecule has 1 saturated heterocycles. The van der Waals surface area contributed by atoms with Crippen LogP contribution in [0.3, 0.4) is 0 Å². The van der Waals surface area contributed by atoms with Gasteiger partial charge in [-0.25, -0.2) is 15.1 Å². The number of fused-ring (bicyclic) bond motifs is 1. The van der Waals surface area contributed by atoms with Crippen LogP contribution >= 0.6 is 0 Å². The number of benzene rings is 1. The fourth-order valence-electron chi connectivity index (χ4n) is 5.44. The van der Waals surface area contributed by atoms with Gasteiger partial charge in [0.2, 0.25) is 0 Å². The van der Waals surface area contributed by atoms with Crippen molar-refractivity contribution in [2.45, 2.75) is 57.1 Å². The second kappa shape index (κ2) is 7.37. The molecule has 3 aliphatic rings. The maximum atomic E-state index is 12.3. The van der Waals surface area contributed by atoms with E-state index in [2.05, 4.69) is 30.4 Å². The molecule has 3 atom stereocenters. The van der Waals surface area contributed by atoms with E-state index in [1.807, 2.05) is 13.0 Å². The van der Waals surface area contributed by atoms with Crippen LogP contribution < -0.4 is 10.2 Å². The zero-order chi connectivity index (χ0) is 23.5. The molecule has 2 aromatic rings. The van der Waals surface area contributed by atoms with Gasteiger partial charge in [0, 0.05) is 12.0 Å². The maximum absolute atomic E-state index is 12.3. The summed E-state index contributed by atoms with van der Waals surface area (Å²) in [7, 11) is 1.59. The fraction of sp³-hybridized carbons (Fsp3) is 0.500. The number of amidine groups is 1. The lowest BCUT2D eigenvalue weighted by Crippen LogP contribution is -2.38. The number of hydroxylamine groups is 1. The van der Waals surface area contributed by atoms with E-state index in [9.17, 15) is 14.7 Å². The predicted molar refractivity (Wildman–Crippen MR) is 120 cm³/mol. The number of aromatic carboxylic acids is 1. The number of aromatic nitrogens is 1. The first kappa shape index (κ1) is 21.6. The highest BCUT2D eigenvalue weighted by molar-refractivity contribution is 6.02. The molecule has 2 N–H and O–H groups in total. The van der Waals surface area contributed by atoms with Gasteiger partial charge in [-0.3, -0.25) is 0 Å². The summed E-state index contributed by atoms with van der Waals surface area (Å²) in [6, 6.07) is 5.76. The summed E-state index contributed by atoms with van der Waals surface area (Å²) in [5.41, 5.74) is 3.62. The van der Waals surface area contributed by atoms with Crippen LogP contribution in [0.5, 0.6) is 5.75 Å². The summed E-state index contributed by atoms with van der Waals surface area (Å²) in [5, 5.41) is 10.9. The Hall–Kier alpha value is -3.29. The van der Waals surface area contributed by atoms with Crippen molar-refractivity contribution < 1.29 is 29.0 Å². The van der Waals surface area contributed by atoms with Crippen molar-refractivity contribution in [2.24, 2.45) is 10.9 Å². The van der Waals surface area contributed by atoms with Crippen molar-refractivity contribution in [3.63, 3.8) is 0 Å². The van der Waals surface area contributed by atoms with E-state index in [1.165, 1.54) is 0 Å². The van der Waals surface area contributed by atoms with E-state index < -0.39 is 11.5 Å². The molecule has 1 aromatic heterocycles. The predicted octanol–water partition coefficient (Wildman–Crippen LogP) is 3.36. The smallest absolute Gasteiger partial charge is 0.352 e. The maximum Gasteiger partial charge on any atom is 0.352 e. The van der Waals surface area contributed by atoms with Crippen LogP contribution in [0.4, 0.5) is 0 Å². The number of carboxylic acid groups (broad SMARTS) is 1. The summed E-state index contributed by atoms with van der Waals surface area (Å²) in [5.74, 6) is 1.73. The third kappa shape index (κ3) is 3.31. The minimum Gasteiger partial charge on any atom is -0.495 e. The van der Waals surface area contributed by atoms with Crippen molar-refractivity contribution in [3.05, 3.63) is 35.3 Å². The highest BCUT2D eigenvalue weighted by Gasteiger charge is 2.60. The number of nitrogens with zero attached hydrogens (tertiary/aromatic N) is 2. The second-order valence-electron chi connectivity index (χ2n) is 9.73. The molecule has 33 heavy (non-hydrogen) atoms. The van der Waals surface area contributed by atoms with E-state index >= 15 is 0 Å². The number of carbonyl (C=O) groups is 1. The van der Waals surface area contributed by atoms with E-state index in [4.69, 9.17) is 14.3 Å². The lowest BCUT2D eigenvalue weighted by atomic mass is 9.83. The van der Waals surface area contributed by atoms with Gasteiger partial charge in [-0.15, -0.1) is 0 Å². The quantitative estimate of drug-likeness (QED) is 0.668. The number of methoxy groups -OCH3 is 1. The van der Waals surface area contributed by atoms with Crippen LogP contribution in [-0.2, 0) is 19.9 Å². The van der Waals surface area contributed by atoms with Gasteiger partial charge in [-0.1, -0.05) is 6.92 Å². The topological polar surface area (TPSA) is 111 Å². The number of hydrogen-bond acceptors (Lipinski definition) is 7. The van der Waals surface area contributed by atoms with Gasteiger partial charge < -0.3 is 24.0 Å². The Morgan fingerprint density at radius 1 is 1.33 bits per heavy atom. The van der Waals surface area contributed by atoms with Gasteiger partial charge in [-0.05, 0) is 68.7 Å². The standard InChI is InChI=1S/C24H27N3O6/c1-13-10-24(13,22-25-19(12-28)33-26-22)27-17(21(29)30)8-16-7-15(9-18(31-4)20(16)27)14-5-6-32-23(2,3)11-14/h7-9,13-14H,5-6,10-11H2,1-4H3,(H,25,26)(H,29,30)/t13-,14-,24-/m0/s1. The molecule has 9 heteroatoms. The molecule has 0 radical (unpaired) electrons. The number of hydrogen-bond donors (Lipinski definition) is 2. The van der Waals surface area contributed by atoms with Crippen molar-refractivity contribution in [3.8, 4) is 5.75 Å². The summed E-state index contributed by atoms with van der Waals surface area (Å²) in [4.78, 5) is 32.7. The molecule has 174 valence electrons. The average Bonchev–Trinajstić information content (AvgIpc) is 3.14. The largest absolute Gasteiger partial charge is 0.495 e. The Labute approximate surface area is 191 Å². The van der Waals surface area contributed by atoms with Gasteiger partial charge in [0.05, 0.1) is 18.2 Å². The fourth-order valence-corrected chi connectivity index (χ4v) is 5.44. The highest BCUT2D eigenvalue weighted by atomic mass is 16.7. The van der Waals surface area contributed by atoms with Gasteiger partial charge in [0.1, 0.15) is 17.0 Å². The Bertz CT molecular complexity index is 1240. The molecule has 5 rings (SSSR count). The summed E-state index contributed by atoms with van der Waals surface area (Å²) >= 11 is 0. The number of rotatable bonds is 5. The molecule has 9 nitrogen and oxygen atoms in total. The third-order valence-corrected chi connectivity index (χ3v) is 7.12. The Morgan fingerprint density at radius 3 is 2.67 bits per heavy atom. The van der Waals surface area contributed by atoms with Crippen LogP contribution in [0, 0.1) is 5.92 Å². The Kier molecular flexibility index (Phi) is 4.81. The van der Waals surface area contributed by atoms with Gasteiger partial charge in [-0.2, -0.15) is 4.99 Å². The molecular weight excluding hydrogens is 426 g/mol. The normalized spacial score (nSPS) is 28.0. The number of ether oxygens (including phenoxy) is 2. The molecule has 0 spiro atoms. The van der Waals surface area contributed by atoms with E-state index in [0.717, 1.165) is 23.8 Å². The monoisotopic (exact) mass is 453 g/mol. The zero-order valence-electron chi connectivity index (χ0n) is 19.1. The van der Waals surface area contributed by atoms with Gasteiger partial charge >= 0.3 is 11.9 Å². The molecule has 1 aliphatic carbocycles. The van der Waals surface area contributed by atoms with Crippen LogP contribution in [0.2, 0.25) is 0 Å². The molecular formula is C24H27N3O6. The minimum absolute atomic E-state index is 0.0627. The number of carbonyl (C=O) groups excluding carboxylic acids is 1. The van der Waals surface area contributed by atoms with Crippen molar-refractivity contribution in [1.82, 2.24) is 10.0 Å². The van der Waals surface area contributed by atoms with E-state index in [-0.39, 0.29) is 29.0 Å².